The van der Waals surface area contributed by atoms with Gasteiger partial charge in [-0.2, -0.15) is 0 Å². The van der Waals surface area contributed by atoms with Gasteiger partial charge in [0, 0.05) is 12.2 Å². The van der Waals surface area contributed by atoms with E-state index in [1.807, 2.05) is 0 Å². The molecular weight excluding hydrogens is 258 g/mol. The number of halogens is 1. The molecule has 0 saturated carbocycles. The molecule has 1 rings (SSSR count). The Morgan fingerprint density at radius 1 is 1.44 bits per heavy atom. The molecule has 0 aliphatic heterocycles. The van der Waals surface area contributed by atoms with E-state index in [0.29, 0.717) is 5.56 Å². The van der Waals surface area contributed by atoms with Crippen molar-refractivity contribution in [1.82, 2.24) is 0 Å². The van der Waals surface area contributed by atoms with Gasteiger partial charge in [0.25, 0.3) is 0 Å². The van der Waals surface area contributed by atoms with E-state index in [1.165, 1.54) is 18.2 Å². The minimum absolute atomic E-state index is 0.250. The van der Waals surface area contributed by atoms with Gasteiger partial charge in [0.2, 0.25) is 0 Å². The van der Waals surface area contributed by atoms with Crippen LogP contribution in [-0.2, 0) is 9.09 Å². The number of rotatable bonds is 4. The Hall–Kier alpha value is -0.870. The minimum Gasteiger partial charge on any atom is -0.397 e. The monoisotopic (exact) mass is 277 g/mol. The molecule has 18 heavy (non-hydrogen) atoms. The molecule has 0 fully saturated rings. The number of benzene rings is 1. The van der Waals surface area contributed by atoms with Crippen molar-refractivity contribution in [3.8, 4) is 0 Å². The first-order valence-corrected chi connectivity index (χ1v) is 6.86. The predicted molar refractivity (Wildman–Crippen MR) is 68.1 cm³/mol. The van der Waals surface area contributed by atoms with Gasteiger partial charge < -0.3 is 10.2 Å². The first kappa shape index (κ1) is 17.1. The average molecular weight is 277 g/mol. The van der Waals surface area contributed by atoms with E-state index in [2.05, 4.69) is 0 Å². The molecule has 2 N–H and O–H groups in total. The molecule has 0 bridgehead atoms. The van der Waals surface area contributed by atoms with Crippen molar-refractivity contribution in [3.05, 3.63) is 35.1 Å². The molecule has 4 nitrogen and oxygen atoms in total. The summed E-state index contributed by atoms with van der Waals surface area (Å²) in [6.07, 6.45) is 0. The molecule has 102 valence electrons. The van der Waals surface area contributed by atoms with Crippen LogP contribution in [0.25, 0.3) is 0 Å². The van der Waals surface area contributed by atoms with Crippen LogP contribution >= 0.6 is 8.03 Å². The van der Waals surface area contributed by atoms with E-state index in [0.717, 1.165) is 0 Å². The zero-order valence-electron chi connectivity index (χ0n) is 10.8. The Morgan fingerprint density at radius 3 is 2.44 bits per heavy atom. The number of hydrogen-bond acceptors (Lipinski definition) is 4. The molecule has 0 radical (unpaired) electrons. The predicted octanol–water partition coefficient (Wildman–Crippen LogP) is 2.90. The standard InChI is InChI=1S/C10H13FO3P.C2H6O/c1-3-14-15(13)10(12)8-5-4-7(2)9(11)6-8;1-2-3/h4-6,10,12H,3H2,1-2H3;3H,2H2,1H3/q+1;. The lowest BCUT2D eigenvalue weighted by atomic mass is 10.1. The van der Waals surface area contributed by atoms with Gasteiger partial charge in [-0.15, -0.1) is 4.52 Å². The molecule has 0 spiro atoms. The van der Waals surface area contributed by atoms with Crippen LogP contribution in [0.1, 0.15) is 30.8 Å². The van der Waals surface area contributed by atoms with E-state index >= 15 is 0 Å². The molecule has 0 heterocycles. The first-order chi connectivity index (χ1) is 8.47. The number of hydrogen-bond donors (Lipinski definition) is 2. The summed E-state index contributed by atoms with van der Waals surface area (Å²) in [5.41, 5.74) is 0.755. The Labute approximate surface area is 107 Å². The van der Waals surface area contributed by atoms with Crippen molar-refractivity contribution < 1.29 is 23.7 Å². The lowest BCUT2D eigenvalue weighted by Crippen LogP contribution is -1.96. The van der Waals surface area contributed by atoms with Gasteiger partial charge in [-0.3, -0.25) is 0 Å². The van der Waals surface area contributed by atoms with Gasteiger partial charge >= 0.3 is 13.9 Å². The van der Waals surface area contributed by atoms with Gasteiger partial charge in [0.15, 0.2) is 0 Å². The molecule has 0 aliphatic rings. The summed E-state index contributed by atoms with van der Waals surface area (Å²) in [6.45, 7) is 5.48. The summed E-state index contributed by atoms with van der Waals surface area (Å²) >= 11 is 0. The van der Waals surface area contributed by atoms with Crippen LogP contribution in [0.5, 0.6) is 0 Å². The molecule has 0 aliphatic carbocycles. The second kappa shape index (κ2) is 9.11. The van der Waals surface area contributed by atoms with Crippen molar-refractivity contribution in [3.63, 3.8) is 0 Å². The highest BCUT2D eigenvalue weighted by atomic mass is 31.1. The fourth-order valence-electron chi connectivity index (χ4n) is 1.09. The maximum absolute atomic E-state index is 13.1. The SMILES string of the molecule is CCO.CCO[P+](=O)C(O)c1ccc(C)c(F)c1. The summed E-state index contributed by atoms with van der Waals surface area (Å²) in [6, 6.07) is 4.24. The molecule has 2 atom stereocenters. The Bertz CT molecular complexity index is 384. The molecule has 6 heteroatoms. The van der Waals surface area contributed by atoms with E-state index in [1.54, 1.807) is 20.8 Å². The number of aliphatic hydroxyl groups excluding tert-OH is 2. The van der Waals surface area contributed by atoms with Gasteiger partial charge in [0.1, 0.15) is 5.82 Å². The third kappa shape index (κ3) is 5.65. The molecule has 1 aromatic carbocycles. The Balaban J connectivity index is 0.000000873. The van der Waals surface area contributed by atoms with Crippen LogP contribution in [-0.4, -0.2) is 23.4 Å². The molecule has 1 aromatic rings. The summed E-state index contributed by atoms with van der Waals surface area (Å²) in [5.74, 6) is -1.69. The molecule has 0 aromatic heterocycles. The van der Waals surface area contributed by atoms with E-state index in [9.17, 15) is 14.1 Å². The molecule has 0 saturated heterocycles. The van der Waals surface area contributed by atoms with Crippen LogP contribution in [0.2, 0.25) is 0 Å². The highest BCUT2D eigenvalue weighted by molar-refractivity contribution is 7.39. The van der Waals surface area contributed by atoms with Gasteiger partial charge in [-0.1, -0.05) is 12.1 Å². The molecule has 0 amide bonds. The van der Waals surface area contributed by atoms with Crippen molar-refractivity contribution >= 4 is 8.03 Å². The van der Waals surface area contributed by atoms with Gasteiger partial charge in [-0.05, 0) is 37.0 Å². The third-order valence-corrected chi connectivity index (χ3v) is 3.16. The fraction of sp³-hybridized carbons (Fsp3) is 0.500. The van der Waals surface area contributed by atoms with Gasteiger partial charge in [-0.25, -0.2) is 4.39 Å². The van der Waals surface area contributed by atoms with Crippen LogP contribution in [0.15, 0.2) is 18.2 Å². The van der Waals surface area contributed by atoms with Crippen LogP contribution in [0.4, 0.5) is 4.39 Å². The molecule has 2 unspecified atom stereocenters. The van der Waals surface area contributed by atoms with E-state index in [4.69, 9.17) is 9.63 Å². The highest BCUT2D eigenvalue weighted by Crippen LogP contribution is 2.39. The third-order valence-electron chi connectivity index (χ3n) is 1.95. The normalized spacial score (nSPS) is 12.4. The highest BCUT2D eigenvalue weighted by Gasteiger charge is 2.32. The van der Waals surface area contributed by atoms with Crippen LogP contribution in [0.3, 0.4) is 0 Å². The smallest absolute Gasteiger partial charge is 0.397 e. The summed E-state index contributed by atoms with van der Waals surface area (Å²) < 4.78 is 29.2. The quantitative estimate of drug-likeness (QED) is 0.830. The minimum atomic E-state index is -2.20. The van der Waals surface area contributed by atoms with Gasteiger partial charge in [0.05, 0.1) is 6.61 Å². The average Bonchev–Trinajstić information content (AvgIpc) is 2.33. The summed E-state index contributed by atoms with van der Waals surface area (Å²) in [4.78, 5) is 0. The lowest BCUT2D eigenvalue weighted by Gasteiger charge is -2.01. The van der Waals surface area contributed by atoms with E-state index < -0.39 is 19.7 Å². The van der Waals surface area contributed by atoms with Crippen molar-refractivity contribution in [1.29, 1.82) is 0 Å². The Kier molecular flexibility index (Phi) is 8.67. The Morgan fingerprint density at radius 2 is 2.00 bits per heavy atom. The fourth-order valence-corrected chi connectivity index (χ4v) is 1.89. The summed E-state index contributed by atoms with van der Waals surface area (Å²) in [7, 11) is -2.20. The van der Waals surface area contributed by atoms with Crippen molar-refractivity contribution in [2.75, 3.05) is 13.2 Å². The largest absolute Gasteiger partial charge is 0.545 e. The lowest BCUT2D eigenvalue weighted by molar-refractivity contribution is 0.224. The second-order valence-electron chi connectivity index (χ2n) is 3.40. The topological polar surface area (TPSA) is 66.8 Å². The zero-order chi connectivity index (χ0) is 14.1. The number of aryl methyl sites for hydroxylation is 1. The first-order valence-electron chi connectivity index (χ1n) is 5.62. The second-order valence-corrected chi connectivity index (χ2v) is 4.72. The number of aliphatic hydroxyl groups is 2. The molecular formula is C12H19FO4P+. The van der Waals surface area contributed by atoms with Crippen LogP contribution < -0.4 is 0 Å². The summed E-state index contributed by atoms with van der Waals surface area (Å²) in [5, 5.41) is 17.1. The maximum atomic E-state index is 13.1. The van der Waals surface area contributed by atoms with Crippen molar-refractivity contribution in [2.45, 2.75) is 26.6 Å². The van der Waals surface area contributed by atoms with E-state index in [-0.39, 0.29) is 18.8 Å². The van der Waals surface area contributed by atoms with Crippen molar-refractivity contribution in [2.24, 2.45) is 0 Å². The maximum Gasteiger partial charge on any atom is 0.545 e. The van der Waals surface area contributed by atoms with Crippen LogP contribution in [0, 0.1) is 12.7 Å². The zero-order valence-corrected chi connectivity index (χ0v) is 11.7.